The molecule has 1 atom stereocenters. The molecule has 0 aliphatic carbocycles. The summed E-state index contributed by atoms with van der Waals surface area (Å²) in [5, 5.41) is 6.30. The molecule has 1 unspecified atom stereocenters. The van der Waals surface area contributed by atoms with Gasteiger partial charge in [0.05, 0.1) is 5.69 Å². The van der Waals surface area contributed by atoms with Gasteiger partial charge in [0.1, 0.15) is 5.75 Å². The second kappa shape index (κ2) is 7.79. The molecular formula is C19H22N2O2. The summed E-state index contributed by atoms with van der Waals surface area (Å²) >= 11 is 0. The number of hydrogen-bond donors (Lipinski definition) is 2. The van der Waals surface area contributed by atoms with Crippen LogP contribution in [-0.2, 0) is 4.79 Å². The van der Waals surface area contributed by atoms with Crippen molar-refractivity contribution in [2.24, 2.45) is 5.92 Å². The van der Waals surface area contributed by atoms with E-state index in [1.807, 2.05) is 54.6 Å². The largest absolute Gasteiger partial charge is 0.455 e. The lowest BCUT2D eigenvalue weighted by Gasteiger charge is -2.13. The molecule has 1 amide bonds. The molecule has 3 rings (SSSR count). The minimum atomic E-state index is 0.0426. The lowest BCUT2D eigenvalue weighted by molar-refractivity contribution is -0.116. The van der Waals surface area contributed by atoms with Crippen molar-refractivity contribution in [2.75, 3.05) is 18.4 Å². The first kappa shape index (κ1) is 15.6. The van der Waals surface area contributed by atoms with Crippen molar-refractivity contribution in [1.29, 1.82) is 0 Å². The number of rotatable bonds is 6. The predicted octanol–water partition coefficient (Wildman–Crippen LogP) is 3.81. The van der Waals surface area contributed by atoms with Crippen LogP contribution in [0.3, 0.4) is 0 Å². The summed E-state index contributed by atoms with van der Waals surface area (Å²) in [5.41, 5.74) is 0.714. The SMILES string of the molecule is O=C(CCC1CCNC1)Nc1ccccc1Oc1ccccc1. The molecule has 1 aliphatic rings. The molecule has 4 heteroatoms. The molecule has 23 heavy (non-hydrogen) atoms. The number of amides is 1. The Kier molecular flexibility index (Phi) is 5.27. The van der Waals surface area contributed by atoms with Gasteiger partial charge in [0.2, 0.25) is 5.91 Å². The van der Waals surface area contributed by atoms with E-state index in [0.717, 1.165) is 25.3 Å². The molecule has 0 aromatic heterocycles. The highest BCUT2D eigenvalue weighted by molar-refractivity contribution is 5.92. The summed E-state index contributed by atoms with van der Waals surface area (Å²) in [6, 6.07) is 17.1. The van der Waals surface area contributed by atoms with Gasteiger partial charge in [0, 0.05) is 6.42 Å². The number of carbonyl (C=O) groups excluding carboxylic acids is 1. The van der Waals surface area contributed by atoms with E-state index in [0.29, 0.717) is 23.8 Å². The van der Waals surface area contributed by atoms with Crippen molar-refractivity contribution in [2.45, 2.75) is 19.3 Å². The number of anilines is 1. The molecule has 1 saturated heterocycles. The van der Waals surface area contributed by atoms with Gasteiger partial charge < -0.3 is 15.4 Å². The average molecular weight is 310 g/mol. The molecule has 0 spiro atoms. The fourth-order valence-electron chi connectivity index (χ4n) is 2.78. The molecule has 1 aliphatic heterocycles. The van der Waals surface area contributed by atoms with Crippen molar-refractivity contribution >= 4 is 11.6 Å². The molecule has 0 saturated carbocycles. The summed E-state index contributed by atoms with van der Waals surface area (Å²) < 4.78 is 5.86. The number of carbonyl (C=O) groups is 1. The van der Waals surface area contributed by atoms with Crippen molar-refractivity contribution in [1.82, 2.24) is 5.32 Å². The van der Waals surface area contributed by atoms with Crippen LogP contribution in [0.5, 0.6) is 11.5 Å². The highest BCUT2D eigenvalue weighted by Crippen LogP contribution is 2.29. The van der Waals surface area contributed by atoms with Crippen LogP contribution in [0.2, 0.25) is 0 Å². The van der Waals surface area contributed by atoms with E-state index in [2.05, 4.69) is 10.6 Å². The second-order valence-electron chi connectivity index (χ2n) is 5.86. The highest BCUT2D eigenvalue weighted by Gasteiger charge is 2.16. The number of benzene rings is 2. The summed E-state index contributed by atoms with van der Waals surface area (Å²) in [6.07, 6.45) is 2.65. The van der Waals surface area contributed by atoms with Crippen LogP contribution < -0.4 is 15.4 Å². The first-order valence-electron chi connectivity index (χ1n) is 8.14. The molecule has 0 radical (unpaired) electrons. The second-order valence-corrected chi connectivity index (χ2v) is 5.86. The molecule has 1 fully saturated rings. The van der Waals surface area contributed by atoms with Crippen molar-refractivity contribution in [3.63, 3.8) is 0 Å². The smallest absolute Gasteiger partial charge is 0.224 e. The van der Waals surface area contributed by atoms with E-state index in [-0.39, 0.29) is 5.91 Å². The summed E-state index contributed by atoms with van der Waals surface area (Å²) in [4.78, 5) is 12.2. The predicted molar refractivity (Wildman–Crippen MR) is 91.8 cm³/mol. The van der Waals surface area contributed by atoms with Gasteiger partial charge in [-0.15, -0.1) is 0 Å². The van der Waals surface area contributed by atoms with Gasteiger partial charge in [-0.05, 0) is 56.1 Å². The molecule has 2 aromatic carbocycles. The zero-order chi connectivity index (χ0) is 15.9. The Morgan fingerprint density at radius 2 is 1.91 bits per heavy atom. The Bertz CT molecular complexity index is 637. The maximum Gasteiger partial charge on any atom is 0.224 e. The van der Waals surface area contributed by atoms with E-state index >= 15 is 0 Å². The Balaban J connectivity index is 1.59. The van der Waals surface area contributed by atoms with Crippen LogP contribution in [0.15, 0.2) is 54.6 Å². The Labute approximate surface area is 136 Å². The topological polar surface area (TPSA) is 50.4 Å². The minimum absolute atomic E-state index is 0.0426. The van der Waals surface area contributed by atoms with Gasteiger partial charge in [-0.1, -0.05) is 30.3 Å². The van der Waals surface area contributed by atoms with Crippen molar-refractivity contribution in [3.05, 3.63) is 54.6 Å². The third kappa shape index (κ3) is 4.57. The Hall–Kier alpha value is -2.33. The lowest BCUT2D eigenvalue weighted by Crippen LogP contribution is -2.15. The number of nitrogens with one attached hydrogen (secondary N) is 2. The number of hydrogen-bond acceptors (Lipinski definition) is 3. The fraction of sp³-hybridized carbons (Fsp3) is 0.316. The zero-order valence-corrected chi connectivity index (χ0v) is 13.1. The normalized spacial score (nSPS) is 17.0. The quantitative estimate of drug-likeness (QED) is 0.853. The standard InChI is InChI=1S/C19H22N2O2/c22-19(11-10-15-12-13-20-14-15)21-17-8-4-5-9-18(17)23-16-6-2-1-3-7-16/h1-9,15,20H,10-14H2,(H,21,22). The molecule has 0 bridgehead atoms. The third-order valence-electron chi connectivity index (χ3n) is 4.07. The van der Waals surface area contributed by atoms with Gasteiger partial charge in [-0.25, -0.2) is 0 Å². The summed E-state index contributed by atoms with van der Waals surface area (Å²) in [7, 11) is 0. The van der Waals surface area contributed by atoms with E-state index in [9.17, 15) is 4.79 Å². The Morgan fingerprint density at radius 3 is 2.70 bits per heavy atom. The van der Waals surface area contributed by atoms with E-state index < -0.39 is 0 Å². The van der Waals surface area contributed by atoms with Gasteiger partial charge >= 0.3 is 0 Å². The van der Waals surface area contributed by atoms with Crippen LogP contribution in [0.1, 0.15) is 19.3 Å². The van der Waals surface area contributed by atoms with Crippen LogP contribution >= 0.6 is 0 Å². The minimum Gasteiger partial charge on any atom is -0.455 e. The van der Waals surface area contributed by atoms with Crippen LogP contribution in [0, 0.1) is 5.92 Å². The molecule has 120 valence electrons. The van der Waals surface area contributed by atoms with Crippen molar-refractivity contribution < 1.29 is 9.53 Å². The summed E-state index contributed by atoms with van der Waals surface area (Å²) in [5.74, 6) is 2.08. The molecule has 2 N–H and O–H groups in total. The molecular weight excluding hydrogens is 288 g/mol. The number of para-hydroxylation sites is 3. The first-order valence-corrected chi connectivity index (χ1v) is 8.14. The lowest BCUT2D eigenvalue weighted by atomic mass is 10.0. The molecule has 4 nitrogen and oxygen atoms in total. The van der Waals surface area contributed by atoms with Crippen LogP contribution in [-0.4, -0.2) is 19.0 Å². The third-order valence-corrected chi connectivity index (χ3v) is 4.07. The molecule has 2 aromatic rings. The Morgan fingerprint density at radius 1 is 1.13 bits per heavy atom. The van der Waals surface area contributed by atoms with E-state index in [4.69, 9.17) is 4.74 Å². The fourth-order valence-corrected chi connectivity index (χ4v) is 2.78. The first-order chi connectivity index (χ1) is 11.3. The maximum atomic E-state index is 12.2. The maximum absolute atomic E-state index is 12.2. The number of ether oxygens (including phenoxy) is 1. The van der Waals surface area contributed by atoms with Crippen LogP contribution in [0.25, 0.3) is 0 Å². The van der Waals surface area contributed by atoms with Gasteiger partial charge in [0.15, 0.2) is 5.75 Å². The monoisotopic (exact) mass is 310 g/mol. The van der Waals surface area contributed by atoms with E-state index in [1.54, 1.807) is 0 Å². The van der Waals surface area contributed by atoms with Crippen LogP contribution in [0.4, 0.5) is 5.69 Å². The van der Waals surface area contributed by atoms with Crippen molar-refractivity contribution in [3.8, 4) is 11.5 Å². The summed E-state index contributed by atoms with van der Waals surface area (Å²) in [6.45, 7) is 2.10. The van der Waals surface area contributed by atoms with Gasteiger partial charge in [-0.3, -0.25) is 4.79 Å². The van der Waals surface area contributed by atoms with Gasteiger partial charge in [-0.2, -0.15) is 0 Å². The average Bonchev–Trinajstić information content (AvgIpc) is 3.09. The zero-order valence-electron chi connectivity index (χ0n) is 13.1. The molecule has 1 heterocycles. The van der Waals surface area contributed by atoms with Gasteiger partial charge in [0.25, 0.3) is 0 Å². The highest BCUT2D eigenvalue weighted by atomic mass is 16.5. The van der Waals surface area contributed by atoms with E-state index in [1.165, 1.54) is 6.42 Å².